The summed E-state index contributed by atoms with van der Waals surface area (Å²) in [6.45, 7) is 7.09. The van der Waals surface area contributed by atoms with E-state index in [1.165, 1.54) is 12.1 Å². The Morgan fingerprint density at radius 2 is 1.72 bits per heavy atom. The SMILES string of the molecule is Cc1ccc(NC(=O)CN2C(=O)S/C(=C\c3ccc(-c4cc(C)c(C)cc4[N+](=O)[O-])o3)C2=O)cc1C. The molecule has 0 saturated carbocycles. The van der Waals surface area contributed by atoms with Crippen molar-refractivity contribution in [2.45, 2.75) is 27.7 Å². The first-order valence-electron chi connectivity index (χ1n) is 11.0. The Bertz CT molecular complexity index is 1460. The van der Waals surface area contributed by atoms with Crippen LogP contribution in [0, 0.1) is 37.8 Å². The molecule has 0 atom stereocenters. The average Bonchev–Trinajstić information content (AvgIpc) is 3.38. The molecule has 1 fully saturated rings. The van der Waals surface area contributed by atoms with Crippen molar-refractivity contribution >= 4 is 46.3 Å². The number of anilines is 1. The fourth-order valence-corrected chi connectivity index (χ4v) is 4.47. The molecule has 3 aromatic rings. The van der Waals surface area contributed by atoms with Gasteiger partial charge in [0, 0.05) is 17.8 Å². The lowest BCUT2D eigenvalue weighted by atomic mass is 10.0. The molecule has 4 rings (SSSR count). The molecule has 2 aromatic carbocycles. The number of amides is 3. The summed E-state index contributed by atoms with van der Waals surface area (Å²) in [6, 6.07) is 11.7. The first kappa shape index (κ1) is 24.9. The molecule has 36 heavy (non-hydrogen) atoms. The zero-order chi connectivity index (χ0) is 26.1. The van der Waals surface area contributed by atoms with Gasteiger partial charge in [-0.1, -0.05) is 6.07 Å². The number of carbonyl (C=O) groups excluding carboxylic acids is 3. The van der Waals surface area contributed by atoms with Crippen molar-refractivity contribution < 1.29 is 23.7 Å². The predicted molar refractivity (Wildman–Crippen MR) is 137 cm³/mol. The van der Waals surface area contributed by atoms with Crippen LogP contribution in [-0.2, 0) is 9.59 Å². The summed E-state index contributed by atoms with van der Waals surface area (Å²) in [7, 11) is 0. The maximum Gasteiger partial charge on any atom is 0.294 e. The zero-order valence-electron chi connectivity index (χ0n) is 20.1. The highest BCUT2D eigenvalue weighted by atomic mass is 32.2. The third-order valence-electron chi connectivity index (χ3n) is 5.94. The van der Waals surface area contributed by atoms with Gasteiger partial charge in [0.1, 0.15) is 18.1 Å². The van der Waals surface area contributed by atoms with Crippen molar-refractivity contribution in [3.63, 3.8) is 0 Å². The van der Waals surface area contributed by atoms with Crippen molar-refractivity contribution in [3.8, 4) is 11.3 Å². The smallest absolute Gasteiger partial charge is 0.294 e. The lowest BCUT2D eigenvalue weighted by Crippen LogP contribution is -2.36. The highest BCUT2D eigenvalue weighted by Crippen LogP contribution is 2.36. The maximum atomic E-state index is 12.8. The summed E-state index contributed by atoms with van der Waals surface area (Å²) in [5, 5.41) is 13.7. The van der Waals surface area contributed by atoms with E-state index in [9.17, 15) is 24.5 Å². The minimum absolute atomic E-state index is 0.0888. The fraction of sp³-hybridized carbons (Fsp3) is 0.192. The van der Waals surface area contributed by atoms with Crippen LogP contribution < -0.4 is 5.32 Å². The quantitative estimate of drug-likeness (QED) is 0.256. The van der Waals surface area contributed by atoms with Crippen LogP contribution in [0.25, 0.3) is 17.4 Å². The number of hydrogen-bond acceptors (Lipinski definition) is 7. The van der Waals surface area contributed by atoms with Crippen molar-refractivity contribution in [2.24, 2.45) is 0 Å². The Kier molecular flexibility index (Phi) is 6.80. The molecule has 9 nitrogen and oxygen atoms in total. The highest BCUT2D eigenvalue weighted by molar-refractivity contribution is 8.18. The van der Waals surface area contributed by atoms with Crippen LogP contribution in [-0.4, -0.2) is 33.4 Å². The summed E-state index contributed by atoms with van der Waals surface area (Å²) in [5.74, 6) is -0.592. The predicted octanol–water partition coefficient (Wildman–Crippen LogP) is 5.76. The third-order valence-corrected chi connectivity index (χ3v) is 6.85. The van der Waals surface area contributed by atoms with E-state index in [-0.39, 0.29) is 22.1 Å². The van der Waals surface area contributed by atoms with Crippen LogP contribution in [0.3, 0.4) is 0 Å². The molecule has 2 heterocycles. The molecule has 10 heteroatoms. The van der Waals surface area contributed by atoms with E-state index in [4.69, 9.17) is 4.42 Å². The number of carbonyl (C=O) groups is 3. The summed E-state index contributed by atoms with van der Waals surface area (Å²) in [4.78, 5) is 49.7. The molecular weight excluding hydrogens is 482 g/mol. The number of nitrogens with one attached hydrogen (secondary N) is 1. The van der Waals surface area contributed by atoms with Gasteiger partial charge in [-0.15, -0.1) is 0 Å². The van der Waals surface area contributed by atoms with E-state index in [1.54, 1.807) is 31.2 Å². The van der Waals surface area contributed by atoms with Crippen LogP contribution in [0.2, 0.25) is 0 Å². The maximum absolute atomic E-state index is 12.8. The van der Waals surface area contributed by atoms with E-state index < -0.39 is 28.5 Å². The topological polar surface area (TPSA) is 123 Å². The Morgan fingerprint density at radius 3 is 2.42 bits per heavy atom. The largest absolute Gasteiger partial charge is 0.456 e. The van der Waals surface area contributed by atoms with Crippen molar-refractivity contribution in [1.29, 1.82) is 0 Å². The molecule has 0 radical (unpaired) electrons. The lowest BCUT2D eigenvalue weighted by Gasteiger charge is -2.13. The normalized spacial score (nSPS) is 14.6. The Morgan fingerprint density at radius 1 is 1.03 bits per heavy atom. The first-order chi connectivity index (χ1) is 17.0. The number of benzene rings is 2. The van der Waals surface area contributed by atoms with Gasteiger partial charge in [0.15, 0.2) is 0 Å². The molecule has 1 saturated heterocycles. The number of nitro groups is 1. The monoisotopic (exact) mass is 505 g/mol. The van der Waals surface area contributed by atoms with Gasteiger partial charge in [0.2, 0.25) is 5.91 Å². The Hall–Kier alpha value is -4.18. The van der Waals surface area contributed by atoms with Gasteiger partial charge in [0.25, 0.3) is 16.8 Å². The molecule has 1 aromatic heterocycles. The van der Waals surface area contributed by atoms with Gasteiger partial charge >= 0.3 is 0 Å². The average molecular weight is 506 g/mol. The molecule has 0 unspecified atom stereocenters. The van der Waals surface area contributed by atoms with Crippen LogP contribution >= 0.6 is 11.8 Å². The molecule has 0 aliphatic carbocycles. The van der Waals surface area contributed by atoms with E-state index in [0.717, 1.165) is 27.2 Å². The van der Waals surface area contributed by atoms with E-state index in [0.29, 0.717) is 23.0 Å². The van der Waals surface area contributed by atoms with E-state index in [2.05, 4.69) is 5.32 Å². The van der Waals surface area contributed by atoms with Gasteiger partial charge in [-0.25, -0.2) is 0 Å². The van der Waals surface area contributed by atoms with Gasteiger partial charge in [0.05, 0.1) is 15.4 Å². The van der Waals surface area contributed by atoms with Crippen LogP contribution in [0.4, 0.5) is 16.2 Å². The molecule has 0 spiro atoms. The van der Waals surface area contributed by atoms with E-state index in [1.807, 2.05) is 32.9 Å². The molecule has 1 aliphatic rings. The standard InChI is InChI=1S/C26H23N3O6S/c1-14-5-6-18(9-15(14)2)27-24(30)13-28-25(31)23(36-26(28)32)12-19-7-8-22(35-19)20-10-16(3)17(4)11-21(20)29(33)34/h5-12H,13H2,1-4H3,(H,27,30)/b23-12-. The number of nitro benzene ring substituents is 1. The second-order valence-corrected chi connectivity index (χ2v) is 9.52. The molecule has 1 aliphatic heterocycles. The minimum atomic E-state index is -0.615. The summed E-state index contributed by atoms with van der Waals surface area (Å²) < 4.78 is 5.76. The van der Waals surface area contributed by atoms with Gasteiger partial charge in [-0.2, -0.15) is 0 Å². The minimum Gasteiger partial charge on any atom is -0.456 e. The zero-order valence-corrected chi connectivity index (χ0v) is 20.9. The van der Waals surface area contributed by atoms with Gasteiger partial charge in [-0.3, -0.25) is 29.4 Å². The summed E-state index contributed by atoms with van der Waals surface area (Å²) >= 11 is 0.697. The number of nitrogens with zero attached hydrogens (tertiary/aromatic N) is 2. The second kappa shape index (κ2) is 9.82. The Labute approximate surface area is 211 Å². The molecule has 184 valence electrons. The lowest BCUT2D eigenvalue weighted by molar-refractivity contribution is -0.384. The second-order valence-electron chi connectivity index (χ2n) is 8.53. The van der Waals surface area contributed by atoms with Crippen molar-refractivity contribution in [1.82, 2.24) is 4.90 Å². The van der Waals surface area contributed by atoms with Crippen molar-refractivity contribution in [2.75, 3.05) is 11.9 Å². The van der Waals surface area contributed by atoms with Crippen LogP contribution in [0.1, 0.15) is 28.0 Å². The number of aryl methyl sites for hydroxylation is 4. The first-order valence-corrected chi connectivity index (χ1v) is 11.8. The molecule has 3 amide bonds. The van der Waals surface area contributed by atoms with Crippen LogP contribution in [0.5, 0.6) is 0 Å². The number of imide groups is 1. The Balaban J connectivity index is 1.51. The van der Waals surface area contributed by atoms with Crippen molar-refractivity contribution in [3.05, 3.63) is 85.5 Å². The summed E-state index contributed by atoms with van der Waals surface area (Å²) in [5.41, 5.74) is 4.55. The molecule has 0 bridgehead atoms. The number of thioether (sulfide) groups is 1. The number of hydrogen-bond donors (Lipinski definition) is 1. The molecular formula is C26H23N3O6S. The summed E-state index contributed by atoms with van der Waals surface area (Å²) in [6.07, 6.45) is 1.39. The third kappa shape index (κ3) is 5.08. The van der Waals surface area contributed by atoms with Gasteiger partial charge < -0.3 is 9.73 Å². The van der Waals surface area contributed by atoms with Gasteiger partial charge in [-0.05, 0) is 92.0 Å². The van der Waals surface area contributed by atoms with E-state index >= 15 is 0 Å². The number of furan rings is 1. The fourth-order valence-electron chi connectivity index (χ4n) is 3.65. The van der Waals surface area contributed by atoms with Crippen LogP contribution in [0.15, 0.2) is 51.8 Å². The highest BCUT2D eigenvalue weighted by Gasteiger charge is 2.36. The number of rotatable bonds is 6. The molecule has 1 N–H and O–H groups in total.